The van der Waals surface area contributed by atoms with Gasteiger partial charge in [-0.1, -0.05) is 38.0 Å². The Morgan fingerprint density at radius 1 is 1.20 bits per heavy atom. The van der Waals surface area contributed by atoms with E-state index < -0.39 is 0 Å². The van der Waals surface area contributed by atoms with Crippen LogP contribution in [0.15, 0.2) is 35.3 Å². The van der Waals surface area contributed by atoms with Crippen LogP contribution in [-0.4, -0.2) is 42.0 Å². The van der Waals surface area contributed by atoms with Crippen molar-refractivity contribution in [3.8, 4) is 0 Å². The standard InChI is InChI=1S/C27H40N2O/c1-3-5-11-16-29-21(4-2)19-27-20-28-15-12-9-7-6-8-10-13-22-18-23(24(27)14-17-28)25(30-22)26(27)29/h4,6,8,18,21,24,26H,2-3,5,7,9-17,19-20H2,1H3/b8-6-/t21-,24-,26-,27-/m0/s1. The summed E-state index contributed by atoms with van der Waals surface area (Å²) in [5.74, 6) is 3.22. The molecule has 5 atom stereocenters. The third-order valence-electron chi connectivity index (χ3n) is 8.41. The summed E-state index contributed by atoms with van der Waals surface area (Å²) in [6, 6.07) is 3.41. The van der Waals surface area contributed by atoms with Gasteiger partial charge in [0, 0.05) is 24.4 Å². The van der Waals surface area contributed by atoms with Crippen molar-refractivity contribution in [3.05, 3.63) is 48.0 Å². The van der Waals surface area contributed by atoms with Gasteiger partial charge in [-0.3, -0.25) is 4.90 Å². The Balaban J connectivity index is 1.53. The van der Waals surface area contributed by atoms with E-state index in [1.165, 1.54) is 89.1 Å². The highest BCUT2D eigenvalue weighted by Gasteiger charge is 2.64. The smallest absolute Gasteiger partial charge is 0.125 e. The molecule has 30 heavy (non-hydrogen) atoms. The second kappa shape index (κ2) is 8.67. The summed E-state index contributed by atoms with van der Waals surface area (Å²) >= 11 is 0. The molecule has 1 aromatic heterocycles. The van der Waals surface area contributed by atoms with Crippen LogP contribution >= 0.6 is 0 Å². The van der Waals surface area contributed by atoms with Crippen molar-refractivity contribution in [2.24, 2.45) is 5.41 Å². The minimum Gasteiger partial charge on any atom is -0.464 e. The van der Waals surface area contributed by atoms with Crippen molar-refractivity contribution >= 4 is 0 Å². The highest BCUT2D eigenvalue weighted by atomic mass is 16.3. The number of hydrogen-bond donors (Lipinski definition) is 0. The lowest BCUT2D eigenvalue weighted by molar-refractivity contribution is 0.0365. The zero-order valence-electron chi connectivity index (χ0n) is 19.0. The molecule has 164 valence electrons. The summed E-state index contributed by atoms with van der Waals surface area (Å²) in [5.41, 5.74) is 1.89. The number of likely N-dealkylation sites (tertiary alicyclic amines) is 1. The average Bonchev–Trinajstić information content (AvgIpc) is 3.34. The maximum absolute atomic E-state index is 6.69. The fourth-order valence-corrected chi connectivity index (χ4v) is 7.10. The van der Waals surface area contributed by atoms with E-state index in [0.29, 0.717) is 23.4 Å². The normalized spacial score (nSPS) is 37.1. The zero-order chi connectivity index (χ0) is 20.6. The lowest BCUT2D eigenvalue weighted by Crippen LogP contribution is -2.47. The van der Waals surface area contributed by atoms with Crippen LogP contribution in [0.3, 0.4) is 0 Å². The summed E-state index contributed by atoms with van der Waals surface area (Å²) in [5, 5.41) is 0. The van der Waals surface area contributed by atoms with Gasteiger partial charge in [0.15, 0.2) is 0 Å². The van der Waals surface area contributed by atoms with E-state index in [4.69, 9.17) is 4.42 Å². The van der Waals surface area contributed by atoms with Crippen molar-refractivity contribution in [2.75, 3.05) is 26.2 Å². The van der Waals surface area contributed by atoms with Crippen LogP contribution < -0.4 is 0 Å². The molecule has 0 radical (unpaired) electrons. The van der Waals surface area contributed by atoms with Crippen LogP contribution in [0.4, 0.5) is 0 Å². The van der Waals surface area contributed by atoms with Gasteiger partial charge in [-0.15, -0.1) is 6.58 Å². The first kappa shape index (κ1) is 20.6. The van der Waals surface area contributed by atoms with Gasteiger partial charge in [-0.05, 0) is 82.1 Å². The van der Waals surface area contributed by atoms with E-state index in [1.54, 1.807) is 5.56 Å². The highest BCUT2D eigenvalue weighted by molar-refractivity contribution is 5.42. The number of fused-ring (bicyclic) bond motifs is 7. The number of piperidine rings is 1. The number of aryl methyl sites for hydroxylation is 1. The Morgan fingerprint density at radius 2 is 2.10 bits per heavy atom. The maximum Gasteiger partial charge on any atom is 0.125 e. The Kier molecular flexibility index (Phi) is 5.94. The molecule has 1 aliphatic carbocycles. The molecule has 6 rings (SSSR count). The minimum absolute atomic E-state index is 0.328. The van der Waals surface area contributed by atoms with Gasteiger partial charge in [-0.25, -0.2) is 0 Å². The Bertz CT molecular complexity index is 780. The van der Waals surface area contributed by atoms with E-state index in [1.807, 2.05) is 0 Å². The monoisotopic (exact) mass is 408 g/mol. The summed E-state index contributed by atoms with van der Waals surface area (Å²) in [6.45, 7) is 11.5. The predicted octanol–water partition coefficient (Wildman–Crippen LogP) is 6.23. The Hall–Kier alpha value is -1.32. The third-order valence-corrected chi connectivity index (χ3v) is 8.41. The number of unbranched alkanes of at least 4 members (excludes halogenated alkanes) is 2. The summed E-state index contributed by atoms with van der Waals surface area (Å²) in [7, 11) is 0. The lowest BCUT2D eigenvalue weighted by Gasteiger charge is -2.45. The fraction of sp³-hybridized carbons (Fsp3) is 0.704. The average molecular weight is 409 g/mol. The van der Waals surface area contributed by atoms with Crippen molar-refractivity contribution in [1.29, 1.82) is 0 Å². The van der Waals surface area contributed by atoms with E-state index in [0.717, 1.165) is 12.8 Å². The molecule has 6 bridgehead atoms. The predicted molar refractivity (Wildman–Crippen MR) is 124 cm³/mol. The SMILES string of the molecule is C=C[C@H]1C[C@@]23CN4CCCC/C=C\CCc5cc(c(o5)[C@@H]2N1CCCCC)[C@@H]3CC4. The molecule has 1 unspecified atom stereocenters. The largest absolute Gasteiger partial charge is 0.464 e. The second-order valence-electron chi connectivity index (χ2n) is 10.2. The van der Waals surface area contributed by atoms with Crippen molar-refractivity contribution < 1.29 is 4.42 Å². The zero-order valence-corrected chi connectivity index (χ0v) is 19.0. The van der Waals surface area contributed by atoms with Gasteiger partial charge < -0.3 is 9.32 Å². The molecule has 0 saturated carbocycles. The van der Waals surface area contributed by atoms with Crippen molar-refractivity contribution in [1.82, 2.24) is 9.80 Å². The topological polar surface area (TPSA) is 19.6 Å². The number of allylic oxidation sites excluding steroid dienone is 2. The van der Waals surface area contributed by atoms with E-state index in [2.05, 4.69) is 47.6 Å². The molecule has 0 aromatic carbocycles. The van der Waals surface area contributed by atoms with Crippen LogP contribution in [0.25, 0.3) is 0 Å². The molecule has 1 aromatic rings. The summed E-state index contributed by atoms with van der Waals surface area (Å²) in [6.07, 6.45) is 19.5. The molecule has 4 aliphatic heterocycles. The number of hydrogen-bond acceptors (Lipinski definition) is 3. The van der Waals surface area contributed by atoms with E-state index in [9.17, 15) is 0 Å². The molecule has 3 nitrogen and oxygen atoms in total. The lowest BCUT2D eigenvalue weighted by atomic mass is 9.68. The van der Waals surface area contributed by atoms with Crippen LogP contribution in [0.2, 0.25) is 0 Å². The Labute approximate surface area is 183 Å². The molecule has 0 N–H and O–H groups in total. The van der Waals surface area contributed by atoms with Gasteiger partial charge in [0.25, 0.3) is 0 Å². The molecular formula is C27H40N2O. The first-order valence-corrected chi connectivity index (χ1v) is 12.6. The van der Waals surface area contributed by atoms with Gasteiger partial charge in [0.2, 0.25) is 0 Å². The minimum atomic E-state index is 0.328. The van der Waals surface area contributed by atoms with Crippen molar-refractivity contribution in [2.45, 2.75) is 89.1 Å². The summed E-state index contributed by atoms with van der Waals surface area (Å²) in [4.78, 5) is 5.58. The molecule has 2 fully saturated rings. The molecule has 5 aliphatic rings. The maximum atomic E-state index is 6.69. The number of nitrogens with zero attached hydrogens (tertiary/aromatic N) is 2. The quantitative estimate of drug-likeness (QED) is 0.425. The van der Waals surface area contributed by atoms with E-state index >= 15 is 0 Å². The first-order chi connectivity index (χ1) is 14.8. The number of rotatable bonds is 5. The highest BCUT2D eigenvalue weighted by Crippen LogP contribution is 2.66. The van der Waals surface area contributed by atoms with Crippen LogP contribution in [0.5, 0.6) is 0 Å². The summed E-state index contributed by atoms with van der Waals surface area (Å²) < 4.78 is 6.69. The number of furan rings is 1. The van der Waals surface area contributed by atoms with Gasteiger partial charge in [0.05, 0.1) is 6.04 Å². The van der Waals surface area contributed by atoms with Crippen molar-refractivity contribution in [3.63, 3.8) is 0 Å². The molecule has 2 saturated heterocycles. The molecule has 3 heteroatoms. The van der Waals surface area contributed by atoms with E-state index in [-0.39, 0.29) is 0 Å². The molecule has 0 amide bonds. The Morgan fingerprint density at radius 3 is 2.97 bits per heavy atom. The van der Waals surface area contributed by atoms with Crippen LogP contribution in [-0.2, 0) is 6.42 Å². The van der Waals surface area contributed by atoms with Crippen LogP contribution in [0, 0.1) is 5.41 Å². The van der Waals surface area contributed by atoms with Gasteiger partial charge in [-0.2, -0.15) is 0 Å². The molecule has 5 heterocycles. The molecular weight excluding hydrogens is 368 g/mol. The van der Waals surface area contributed by atoms with Crippen LogP contribution in [0.1, 0.15) is 93.8 Å². The van der Waals surface area contributed by atoms with Gasteiger partial charge in [0.1, 0.15) is 11.5 Å². The van der Waals surface area contributed by atoms with Gasteiger partial charge >= 0.3 is 0 Å². The second-order valence-corrected chi connectivity index (χ2v) is 10.2. The molecule has 1 spiro atoms. The first-order valence-electron chi connectivity index (χ1n) is 12.6. The fourth-order valence-electron chi connectivity index (χ4n) is 7.10. The third kappa shape index (κ3) is 3.42.